The Labute approximate surface area is 318 Å². The molecule has 2 saturated carbocycles. The van der Waals surface area contributed by atoms with Crippen molar-refractivity contribution in [1.82, 2.24) is 0 Å². The zero-order valence-electron chi connectivity index (χ0n) is 30.9. The minimum absolute atomic E-state index is 0.0830. The molecular formula is C48H48O6. The number of para-hydroxylation sites is 4. The summed E-state index contributed by atoms with van der Waals surface area (Å²) >= 11 is 0. The number of fused-ring (bicyclic) bond motifs is 8. The molecule has 0 atom stereocenters. The Balaban J connectivity index is 1.13. The molecule has 0 N–H and O–H groups in total. The van der Waals surface area contributed by atoms with Crippen molar-refractivity contribution in [3.05, 3.63) is 142 Å². The van der Waals surface area contributed by atoms with Gasteiger partial charge in [-0.15, -0.1) is 0 Å². The van der Waals surface area contributed by atoms with Gasteiger partial charge < -0.3 is 18.9 Å². The number of hydrogen-bond donors (Lipinski definition) is 0. The number of ketones is 2. The van der Waals surface area contributed by atoms with E-state index < -0.39 is 0 Å². The van der Waals surface area contributed by atoms with Crippen molar-refractivity contribution in [3.63, 3.8) is 0 Å². The van der Waals surface area contributed by atoms with Crippen molar-refractivity contribution < 1.29 is 28.5 Å². The third-order valence-corrected chi connectivity index (χ3v) is 10.1. The lowest BCUT2D eigenvalue weighted by Gasteiger charge is -2.18. The van der Waals surface area contributed by atoms with Gasteiger partial charge in [-0.1, -0.05) is 72.8 Å². The molecule has 4 aromatic rings. The van der Waals surface area contributed by atoms with E-state index in [9.17, 15) is 9.59 Å². The second-order valence-electron chi connectivity index (χ2n) is 14.0. The predicted octanol–water partition coefficient (Wildman–Crippen LogP) is 10.9. The fraction of sp³-hybridized carbons (Fsp3) is 0.292. The van der Waals surface area contributed by atoms with E-state index >= 15 is 0 Å². The van der Waals surface area contributed by atoms with Crippen molar-refractivity contribution >= 4 is 35.9 Å². The molecule has 0 spiro atoms. The molecule has 6 heteroatoms. The first kappa shape index (κ1) is 36.7. The minimum Gasteiger partial charge on any atom is -0.493 e. The van der Waals surface area contributed by atoms with Gasteiger partial charge in [0.15, 0.2) is 11.6 Å². The molecule has 4 aromatic carbocycles. The average molecular weight is 721 g/mol. The van der Waals surface area contributed by atoms with Crippen molar-refractivity contribution in [2.45, 2.75) is 64.2 Å². The summed E-state index contributed by atoms with van der Waals surface area (Å²) < 4.78 is 25.0. The van der Waals surface area contributed by atoms with Crippen molar-refractivity contribution in [2.75, 3.05) is 26.4 Å². The highest BCUT2D eigenvalue weighted by atomic mass is 16.5. The summed E-state index contributed by atoms with van der Waals surface area (Å²) in [4.78, 5) is 27.5. The first-order chi connectivity index (χ1) is 26.6. The van der Waals surface area contributed by atoms with E-state index in [1.807, 2.05) is 121 Å². The molecule has 1 heterocycles. The fourth-order valence-electron chi connectivity index (χ4n) is 7.17. The van der Waals surface area contributed by atoms with Crippen LogP contribution in [0.3, 0.4) is 0 Å². The molecule has 2 aliphatic carbocycles. The number of Topliss-reactive ketones (excluding diaryl/α,β-unsaturated/α-hetero) is 2. The molecule has 4 bridgehead atoms. The van der Waals surface area contributed by atoms with Crippen LogP contribution in [0.1, 0.15) is 86.5 Å². The Kier molecular flexibility index (Phi) is 12.5. The molecule has 2 fully saturated rings. The second kappa shape index (κ2) is 18.4. The van der Waals surface area contributed by atoms with Crippen molar-refractivity contribution in [1.29, 1.82) is 0 Å². The number of rotatable bonds is 0. The molecule has 54 heavy (non-hydrogen) atoms. The smallest absolute Gasteiger partial charge is 0.185 e. The van der Waals surface area contributed by atoms with Gasteiger partial charge in [0, 0.05) is 44.5 Å². The fourth-order valence-corrected chi connectivity index (χ4v) is 7.17. The monoisotopic (exact) mass is 720 g/mol. The van der Waals surface area contributed by atoms with Crippen LogP contribution < -0.4 is 18.9 Å². The van der Waals surface area contributed by atoms with E-state index in [0.717, 1.165) is 132 Å². The summed E-state index contributed by atoms with van der Waals surface area (Å²) in [6.07, 6.45) is 16.0. The quantitative estimate of drug-likeness (QED) is 0.180. The summed E-state index contributed by atoms with van der Waals surface area (Å²) in [6, 6.07) is 31.7. The summed E-state index contributed by atoms with van der Waals surface area (Å²) in [7, 11) is 0. The van der Waals surface area contributed by atoms with Gasteiger partial charge in [-0.05, 0) is 113 Å². The van der Waals surface area contributed by atoms with Crippen LogP contribution in [0.2, 0.25) is 0 Å². The molecule has 6 nitrogen and oxygen atoms in total. The molecule has 3 aliphatic rings. The highest BCUT2D eigenvalue weighted by Gasteiger charge is 2.23. The topological polar surface area (TPSA) is 71.1 Å². The first-order valence-corrected chi connectivity index (χ1v) is 19.4. The summed E-state index contributed by atoms with van der Waals surface area (Å²) in [6.45, 7) is 2.12. The van der Waals surface area contributed by atoms with E-state index in [0.29, 0.717) is 26.4 Å². The van der Waals surface area contributed by atoms with Crippen LogP contribution >= 0.6 is 0 Å². The lowest BCUT2D eigenvalue weighted by Crippen LogP contribution is -2.13. The summed E-state index contributed by atoms with van der Waals surface area (Å²) in [5.74, 6) is 3.24. The number of hydrogen-bond acceptors (Lipinski definition) is 6. The molecular weight excluding hydrogens is 673 g/mol. The van der Waals surface area contributed by atoms with Gasteiger partial charge in [-0.2, -0.15) is 0 Å². The zero-order valence-corrected chi connectivity index (χ0v) is 30.9. The molecule has 0 radical (unpaired) electrons. The number of carbonyl (C=O) groups excluding carboxylic acids is 2. The Hall–Kier alpha value is -5.62. The molecule has 7 rings (SSSR count). The van der Waals surface area contributed by atoms with E-state index in [2.05, 4.69) is 0 Å². The Morgan fingerprint density at radius 3 is 0.815 bits per heavy atom. The van der Waals surface area contributed by atoms with Crippen LogP contribution in [0.15, 0.2) is 119 Å². The summed E-state index contributed by atoms with van der Waals surface area (Å²) in [5, 5.41) is 0. The van der Waals surface area contributed by atoms with Crippen LogP contribution in [-0.4, -0.2) is 38.0 Å². The molecule has 1 aliphatic heterocycles. The lowest BCUT2D eigenvalue weighted by molar-refractivity contribution is -0.113. The maximum Gasteiger partial charge on any atom is 0.185 e. The number of benzene rings is 4. The maximum atomic E-state index is 13.8. The molecule has 0 aromatic heterocycles. The van der Waals surface area contributed by atoms with E-state index in [1.165, 1.54) is 0 Å². The van der Waals surface area contributed by atoms with Gasteiger partial charge >= 0.3 is 0 Å². The molecule has 0 unspecified atom stereocenters. The Bertz CT molecular complexity index is 1790. The summed E-state index contributed by atoms with van der Waals surface area (Å²) in [5.41, 5.74) is 6.83. The van der Waals surface area contributed by atoms with Crippen molar-refractivity contribution in [3.8, 4) is 23.0 Å². The van der Waals surface area contributed by atoms with Gasteiger partial charge in [-0.3, -0.25) is 9.59 Å². The third kappa shape index (κ3) is 9.48. The molecule has 276 valence electrons. The number of ether oxygens (including phenoxy) is 4. The van der Waals surface area contributed by atoms with Gasteiger partial charge in [0.2, 0.25) is 0 Å². The van der Waals surface area contributed by atoms with Crippen LogP contribution in [0.4, 0.5) is 0 Å². The maximum absolute atomic E-state index is 13.8. The molecule has 0 amide bonds. The SMILES string of the molecule is O=C1/C2=C/c3ccccc3OCCCCOc3ccccc3/C=C3\CCC/C(=C\c4ccccc4OCCCCOc4ccccc4/C=C/1CCC2)C3=O. The van der Waals surface area contributed by atoms with Crippen LogP contribution in [0.25, 0.3) is 24.3 Å². The Morgan fingerprint density at radius 2 is 0.556 bits per heavy atom. The number of carbonyl (C=O) groups is 2. The highest BCUT2D eigenvalue weighted by Crippen LogP contribution is 2.34. The minimum atomic E-state index is 0.0830. The predicted molar refractivity (Wildman–Crippen MR) is 216 cm³/mol. The largest absolute Gasteiger partial charge is 0.493 e. The third-order valence-electron chi connectivity index (χ3n) is 10.1. The van der Waals surface area contributed by atoms with E-state index in [1.54, 1.807) is 0 Å². The van der Waals surface area contributed by atoms with E-state index in [4.69, 9.17) is 18.9 Å². The van der Waals surface area contributed by atoms with Gasteiger partial charge in [0.05, 0.1) is 26.4 Å². The van der Waals surface area contributed by atoms with Crippen molar-refractivity contribution in [2.24, 2.45) is 0 Å². The van der Waals surface area contributed by atoms with E-state index in [-0.39, 0.29) is 11.6 Å². The Morgan fingerprint density at radius 1 is 0.315 bits per heavy atom. The second-order valence-corrected chi connectivity index (χ2v) is 14.0. The highest BCUT2D eigenvalue weighted by molar-refractivity contribution is 6.15. The van der Waals surface area contributed by atoms with Crippen LogP contribution in [0, 0.1) is 0 Å². The van der Waals surface area contributed by atoms with Gasteiger partial charge in [0.1, 0.15) is 23.0 Å². The van der Waals surface area contributed by atoms with Crippen LogP contribution in [-0.2, 0) is 9.59 Å². The van der Waals surface area contributed by atoms with Gasteiger partial charge in [0.25, 0.3) is 0 Å². The standard InChI is InChI=1S/C48H48O6/c49-47-39-19-13-20-40(47)32-36-16-2-6-24-44(36)53-29-11-12-30-54-46-26-8-4-18-38(46)34-42-22-14-21-41(48(42)50)33-37-17-3-7-25-45(37)52-28-10-9-27-51-43-23-5-1-15-35(43)31-39/h1-8,15-18,23-26,31-34H,9-14,19-22,27-30H2/b39-31+,40-32+,41-33+,42-34+. The van der Waals surface area contributed by atoms with Gasteiger partial charge in [-0.25, -0.2) is 0 Å². The van der Waals surface area contributed by atoms with Crippen LogP contribution in [0.5, 0.6) is 23.0 Å². The zero-order chi connectivity index (χ0) is 37.0. The normalized spacial score (nSPS) is 21.6. The average Bonchev–Trinajstić information content (AvgIpc) is 3.19. The molecule has 0 saturated heterocycles. The number of allylic oxidation sites excluding steroid dienone is 4. The first-order valence-electron chi connectivity index (χ1n) is 19.4. The lowest BCUT2D eigenvalue weighted by atomic mass is 9.86.